The van der Waals surface area contributed by atoms with Crippen LogP contribution in [0.2, 0.25) is 0 Å². The van der Waals surface area contributed by atoms with Gasteiger partial charge in [0.1, 0.15) is 5.60 Å². The zero-order valence-electron chi connectivity index (χ0n) is 14.2. The molecule has 0 atom stereocenters. The van der Waals surface area contributed by atoms with Gasteiger partial charge in [0.2, 0.25) is 0 Å². The summed E-state index contributed by atoms with van der Waals surface area (Å²) < 4.78 is 5.61. The summed E-state index contributed by atoms with van der Waals surface area (Å²) in [5.74, 6) is 0.135. The van der Waals surface area contributed by atoms with Gasteiger partial charge in [0.05, 0.1) is 0 Å². The van der Waals surface area contributed by atoms with Crippen molar-refractivity contribution in [2.24, 2.45) is 0 Å². The molecule has 2 rings (SSSR count). The number of amides is 1. The number of methoxy groups -OCH3 is 1. The average molecular weight is 341 g/mol. The summed E-state index contributed by atoms with van der Waals surface area (Å²) in [5, 5.41) is 3.29. The Kier molecular flexibility index (Phi) is 8.59. The molecule has 1 aliphatic rings. The van der Waals surface area contributed by atoms with Crippen molar-refractivity contribution in [1.82, 2.24) is 10.2 Å². The van der Waals surface area contributed by atoms with Gasteiger partial charge >= 0.3 is 0 Å². The van der Waals surface area contributed by atoms with E-state index in [4.69, 9.17) is 4.74 Å². The van der Waals surface area contributed by atoms with Crippen LogP contribution in [-0.4, -0.2) is 50.2 Å². The smallest absolute Gasteiger partial charge is 0.254 e. The number of hydrogen-bond acceptors (Lipinski definition) is 3. The fraction of sp³-hybridized carbons (Fsp3) is 0.611. The van der Waals surface area contributed by atoms with Crippen molar-refractivity contribution in [2.75, 3.05) is 33.8 Å². The molecule has 0 bridgehead atoms. The molecule has 1 aromatic carbocycles. The van der Waals surface area contributed by atoms with Crippen molar-refractivity contribution < 1.29 is 9.53 Å². The number of unbranched alkanes of at least 4 members (excludes halogenated alkanes) is 1. The molecule has 0 radical (unpaired) electrons. The van der Waals surface area contributed by atoms with Crippen LogP contribution < -0.4 is 5.32 Å². The Morgan fingerprint density at radius 3 is 2.48 bits per heavy atom. The Labute approximate surface area is 146 Å². The van der Waals surface area contributed by atoms with Gasteiger partial charge in [0.15, 0.2) is 0 Å². The molecule has 1 heterocycles. The minimum Gasteiger partial charge on any atom is -0.368 e. The van der Waals surface area contributed by atoms with E-state index >= 15 is 0 Å². The zero-order chi connectivity index (χ0) is 15.8. The van der Waals surface area contributed by atoms with Crippen LogP contribution in [0.5, 0.6) is 0 Å². The first kappa shape index (κ1) is 19.9. The first-order valence-electron chi connectivity index (χ1n) is 8.23. The topological polar surface area (TPSA) is 41.6 Å². The number of piperidine rings is 1. The maximum absolute atomic E-state index is 12.7. The quantitative estimate of drug-likeness (QED) is 0.776. The number of ether oxygens (including phenoxy) is 1. The van der Waals surface area contributed by atoms with Crippen LogP contribution in [0.25, 0.3) is 0 Å². The van der Waals surface area contributed by atoms with E-state index in [0.717, 1.165) is 51.7 Å². The molecular weight excluding hydrogens is 312 g/mol. The summed E-state index contributed by atoms with van der Waals surface area (Å²) in [6.45, 7) is 2.49. The average Bonchev–Trinajstić information content (AvgIpc) is 2.59. The van der Waals surface area contributed by atoms with Gasteiger partial charge in [0.25, 0.3) is 5.91 Å². The molecule has 1 aliphatic heterocycles. The Bertz CT molecular complexity index is 461. The monoisotopic (exact) mass is 340 g/mol. The van der Waals surface area contributed by atoms with Gasteiger partial charge in [0, 0.05) is 20.7 Å². The van der Waals surface area contributed by atoms with E-state index in [1.54, 1.807) is 7.11 Å². The van der Waals surface area contributed by atoms with E-state index in [9.17, 15) is 4.79 Å². The molecule has 0 spiro atoms. The van der Waals surface area contributed by atoms with Gasteiger partial charge in [-0.2, -0.15) is 0 Å². The fourth-order valence-corrected chi connectivity index (χ4v) is 3.11. The van der Waals surface area contributed by atoms with Gasteiger partial charge < -0.3 is 15.0 Å². The highest BCUT2D eigenvalue weighted by molar-refractivity contribution is 5.85. The highest BCUT2D eigenvalue weighted by Crippen LogP contribution is 2.24. The number of rotatable bonds is 7. The second-order valence-electron chi connectivity index (χ2n) is 6.12. The standard InChI is InChI=1S/C18H28N2O2.ClH/c1-20(15-7-6-10-16-8-4-3-5-9-16)17(21)18(22-2)11-13-19-14-12-18;/h3-5,8-9,19H,6-7,10-15H2,1-2H3;1H. The Balaban J connectivity index is 0.00000264. The Morgan fingerprint density at radius 1 is 1.22 bits per heavy atom. The molecule has 0 saturated carbocycles. The van der Waals surface area contributed by atoms with E-state index in [2.05, 4.69) is 29.6 Å². The predicted molar refractivity (Wildman–Crippen MR) is 96.1 cm³/mol. The highest BCUT2D eigenvalue weighted by atomic mass is 35.5. The van der Waals surface area contributed by atoms with Crippen LogP contribution in [-0.2, 0) is 16.0 Å². The summed E-state index contributed by atoms with van der Waals surface area (Å²) in [7, 11) is 3.56. The molecule has 1 saturated heterocycles. The first-order chi connectivity index (χ1) is 10.7. The van der Waals surface area contributed by atoms with Gasteiger partial charge in [-0.05, 0) is 50.8 Å². The van der Waals surface area contributed by atoms with E-state index < -0.39 is 5.60 Å². The van der Waals surface area contributed by atoms with Gasteiger partial charge in [-0.1, -0.05) is 30.3 Å². The van der Waals surface area contributed by atoms with E-state index in [0.29, 0.717) is 0 Å². The number of likely N-dealkylation sites (N-methyl/N-ethyl adjacent to an activating group) is 1. The Morgan fingerprint density at radius 2 is 1.87 bits per heavy atom. The van der Waals surface area contributed by atoms with Crippen molar-refractivity contribution in [3.8, 4) is 0 Å². The highest BCUT2D eigenvalue weighted by Gasteiger charge is 2.41. The van der Waals surface area contributed by atoms with E-state index in [1.165, 1.54) is 5.56 Å². The summed E-state index contributed by atoms with van der Waals surface area (Å²) in [4.78, 5) is 14.5. The van der Waals surface area contributed by atoms with Crippen LogP contribution in [0.15, 0.2) is 30.3 Å². The summed E-state index contributed by atoms with van der Waals surface area (Å²) in [5.41, 5.74) is 0.752. The SMILES string of the molecule is COC1(C(=O)N(C)CCCCc2ccccc2)CCNCC1.Cl. The maximum atomic E-state index is 12.7. The molecule has 23 heavy (non-hydrogen) atoms. The second-order valence-corrected chi connectivity index (χ2v) is 6.12. The molecular formula is C18H29ClN2O2. The molecule has 1 fully saturated rings. The first-order valence-corrected chi connectivity index (χ1v) is 8.23. The van der Waals surface area contributed by atoms with Crippen molar-refractivity contribution in [3.63, 3.8) is 0 Å². The van der Waals surface area contributed by atoms with Crippen LogP contribution in [0, 0.1) is 0 Å². The molecule has 0 unspecified atom stereocenters. The summed E-state index contributed by atoms with van der Waals surface area (Å²) in [6.07, 6.45) is 4.72. The molecule has 130 valence electrons. The number of aryl methyl sites for hydroxylation is 1. The molecule has 5 heteroatoms. The number of nitrogens with one attached hydrogen (secondary N) is 1. The van der Waals surface area contributed by atoms with Crippen molar-refractivity contribution in [1.29, 1.82) is 0 Å². The lowest BCUT2D eigenvalue weighted by Crippen LogP contribution is -2.54. The lowest BCUT2D eigenvalue weighted by atomic mass is 9.90. The predicted octanol–water partition coefficient (Wildman–Crippen LogP) is 2.66. The van der Waals surface area contributed by atoms with Gasteiger partial charge in [-0.3, -0.25) is 4.79 Å². The number of carbonyl (C=O) groups is 1. The van der Waals surface area contributed by atoms with Gasteiger partial charge in [-0.15, -0.1) is 12.4 Å². The lowest BCUT2D eigenvalue weighted by Gasteiger charge is -2.37. The van der Waals surface area contributed by atoms with Crippen molar-refractivity contribution in [3.05, 3.63) is 35.9 Å². The van der Waals surface area contributed by atoms with Gasteiger partial charge in [-0.25, -0.2) is 0 Å². The third-order valence-corrected chi connectivity index (χ3v) is 4.59. The minimum atomic E-state index is -0.612. The largest absolute Gasteiger partial charge is 0.368 e. The van der Waals surface area contributed by atoms with Crippen LogP contribution >= 0.6 is 12.4 Å². The van der Waals surface area contributed by atoms with Crippen LogP contribution in [0.4, 0.5) is 0 Å². The summed E-state index contributed by atoms with van der Waals surface area (Å²) >= 11 is 0. The third-order valence-electron chi connectivity index (χ3n) is 4.59. The number of hydrogen-bond donors (Lipinski definition) is 1. The molecule has 1 N–H and O–H groups in total. The maximum Gasteiger partial charge on any atom is 0.254 e. The lowest BCUT2D eigenvalue weighted by molar-refractivity contribution is -0.157. The molecule has 1 amide bonds. The Hall–Kier alpha value is -1.10. The normalized spacial score (nSPS) is 16.4. The number of nitrogens with zero attached hydrogens (tertiary/aromatic N) is 1. The zero-order valence-corrected chi connectivity index (χ0v) is 15.0. The minimum absolute atomic E-state index is 0. The van der Waals surface area contributed by atoms with E-state index in [1.807, 2.05) is 18.0 Å². The second kappa shape index (κ2) is 9.91. The number of carbonyl (C=O) groups excluding carboxylic acids is 1. The molecule has 0 aromatic heterocycles. The summed E-state index contributed by atoms with van der Waals surface area (Å²) in [6, 6.07) is 10.5. The fourth-order valence-electron chi connectivity index (χ4n) is 3.11. The third kappa shape index (κ3) is 5.48. The van der Waals surface area contributed by atoms with Crippen LogP contribution in [0.1, 0.15) is 31.2 Å². The van der Waals surface area contributed by atoms with E-state index in [-0.39, 0.29) is 18.3 Å². The number of benzene rings is 1. The van der Waals surface area contributed by atoms with Crippen molar-refractivity contribution in [2.45, 2.75) is 37.7 Å². The number of halogens is 1. The molecule has 4 nitrogen and oxygen atoms in total. The molecule has 1 aromatic rings. The van der Waals surface area contributed by atoms with Crippen LogP contribution in [0.3, 0.4) is 0 Å². The van der Waals surface area contributed by atoms with Crippen molar-refractivity contribution >= 4 is 18.3 Å². The molecule has 0 aliphatic carbocycles.